The highest BCUT2D eigenvalue weighted by Gasteiger charge is 2.04. The van der Waals surface area contributed by atoms with Crippen LogP contribution in [0.15, 0.2) is 48.7 Å². The number of benzene rings is 1. The number of hydrogen-bond acceptors (Lipinski definition) is 3. The molecule has 16 heavy (non-hydrogen) atoms. The number of rotatable bonds is 4. The van der Waals surface area contributed by atoms with Gasteiger partial charge in [0.05, 0.1) is 0 Å². The Hall–Kier alpha value is -2.04. The van der Waals surface area contributed by atoms with Gasteiger partial charge in [-0.05, 0) is 24.3 Å². The lowest BCUT2D eigenvalue weighted by Gasteiger charge is -2.06. The second-order valence-electron chi connectivity index (χ2n) is 3.01. The summed E-state index contributed by atoms with van der Waals surface area (Å²) in [6, 6.07) is 12.3. The SMILES string of the molecule is Fc1ncccc1OBOc1ccccc1. The van der Waals surface area contributed by atoms with Gasteiger partial charge in [0, 0.05) is 6.20 Å². The summed E-state index contributed by atoms with van der Waals surface area (Å²) < 4.78 is 23.4. The quantitative estimate of drug-likeness (QED) is 0.579. The molecule has 0 bridgehead atoms. The van der Waals surface area contributed by atoms with Gasteiger partial charge in [0.2, 0.25) is 0 Å². The van der Waals surface area contributed by atoms with E-state index in [0.29, 0.717) is 5.75 Å². The van der Waals surface area contributed by atoms with Crippen LogP contribution in [0, 0.1) is 5.95 Å². The summed E-state index contributed by atoms with van der Waals surface area (Å²) in [4.78, 5) is 3.46. The van der Waals surface area contributed by atoms with Gasteiger partial charge in [-0.25, -0.2) is 4.98 Å². The van der Waals surface area contributed by atoms with Crippen LogP contribution in [0.2, 0.25) is 0 Å². The maximum absolute atomic E-state index is 13.0. The molecule has 1 aromatic carbocycles. The Morgan fingerprint density at radius 3 is 2.56 bits per heavy atom. The number of para-hydroxylation sites is 1. The van der Waals surface area contributed by atoms with Gasteiger partial charge in [0.25, 0.3) is 5.95 Å². The van der Waals surface area contributed by atoms with Crippen LogP contribution in [0.25, 0.3) is 0 Å². The van der Waals surface area contributed by atoms with E-state index in [1.54, 1.807) is 18.2 Å². The van der Waals surface area contributed by atoms with Crippen molar-refractivity contribution in [2.24, 2.45) is 0 Å². The summed E-state index contributed by atoms with van der Waals surface area (Å²) in [6.45, 7) is 0. The van der Waals surface area contributed by atoms with Gasteiger partial charge in [-0.1, -0.05) is 18.2 Å². The van der Waals surface area contributed by atoms with Crippen molar-refractivity contribution < 1.29 is 13.7 Å². The van der Waals surface area contributed by atoms with Gasteiger partial charge < -0.3 is 9.31 Å². The monoisotopic (exact) mass is 217 g/mol. The van der Waals surface area contributed by atoms with E-state index in [4.69, 9.17) is 9.31 Å². The number of aromatic nitrogens is 1. The molecule has 0 saturated carbocycles. The molecule has 5 heteroatoms. The van der Waals surface area contributed by atoms with Crippen LogP contribution >= 0.6 is 0 Å². The molecule has 0 spiro atoms. The third-order valence-electron chi connectivity index (χ3n) is 1.91. The Balaban J connectivity index is 1.87. The van der Waals surface area contributed by atoms with E-state index < -0.39 is 5.95 Å². The zero-order chi connectivity index (χ0) is 11.2. The smallest absolute Gasteiger partial charge is 0.529 e. The molecular formula is C11H9BFNO2. The highest BCUT2D eigenvalue weighted by molar-refractivity contribution is 6.20. The van der Waals surface area contributed by atoms with E-state index in [0.717, 1.165) is 0 Å². The minimum Gasteiger partial charge on any atom is -0.529 e. The third-order valence-corrected chi connectivity index (χ3v) is 1.91. The molecule has 1 aromatic heterocycles. The highest BCUT2D eigenvalue weighted by atomic mass is 19.1. The van der Waals surface area contributed by atoms with E-state index in [-0.39, 0.29) is 13.4 Å². The molecule has 0 aliphatic carbocycles. The molecule has 0 atom stereocenters. The van der Waals surface area contributed by atoms with Crippen LogP contribution < -0.4 is 9.31 Å². The molecule has 0 amide bonds. The summed E-state index contributed by atoms with van der Waals surface area (Å²) >= 11 is 0. The fourth-order valence-corrected chi connectivity index (χ4v) is 1.16. The minimum atomic E-state index is -0.640. The summed E-state index contributed by atoms with van der Waals surface area (Å²) in [5.74, 6) is 0.115. The van der Waals surface area contributed by atoms with Crippen molar-refractivity contribution in [2.75, 3.05) is 0 Å². The zero-order valence-electron chi connectivity index (χ0n) is 8.47. The number of nitrogens with zero attached hydrogens (tertiary/aromatic N) is 1. The van der Waals surface area contributed by atoms with Gasteiger partial charge in [-0.3, -0.25) is 0 Å². The van der Waals surface area contributed by atoms with Crippen molar-refractivity contribution in [3.05, 3.63) is 54.6 Å². The van der Waals surface area contributed by atoms with Crippen molar-refractivity contribution in [3.8, 4) is 11.5 Å². The Kier molecular flexibility index (Phi) is 3.38. The molecule has 0 saturated heterocycles. The first kappa shape index (κ1) is 10.5. The third kappa shape index (κ3) is 2.73. The van der Waals surface area contributed by atoms with E-state index in [2.05, 4.69) is 4.98 Å². The second kappa shape index (κ2) is 5.16. The average Bonchev–Trinajstić information content (AvgIpc) is 2.33. The first-order chi connectivity index (χ1) is 7.86. The van der Waals surface area contributed by atoms with Gasteiger partial charge >= 0.3 is 7.69 Å². The number of pyridine rings is 1. The first-order valence-electron chi connectivity index (χ1n) is 4.77. The second-order valence-corrected chi connectivity index (χ2v) is 3.01. The summed E-state index contributed by atoms with van der Waals surface area (Å²) in [5.41, 5.74) is 0. The molecular weight excluding hydrogens is 208 g/mol. The van der Waals surface area contributed by atoms with Crippen LogP contribution in [0.4, 0.5) is 4.39 Å². The van der Waals surface area contributed by atoms with Crippen LogP contribution in [0.3, 0.4) is 0 Å². The van der Waals surface area contributed by atoms with Crippen molar-refractivity contribution in [2.45, 2.75) is 0 Å². The fourth-order valence-electron chi connectivity index (χ4n) is 1.16. The van der Waals surface area contributed by atoms with Gasteiger partial charge in [0.15, 0.2) is 5.75 Å². The molecule has 0 aliphatic rings. The van der Waals surface area contributed by atoms with E-state index in [1.165, 1.54) is 12.3 Å². The van der Waals surface area contributed by atoms with Crippen molar-refractivity contribution in [3.63, 3.8) is 0 Å². The van der Waals surface area contributed by atoms with Crippen LogP contribution in [0.1, 0.15) is 0 Å². The Labute approximate surface area is 93.2 Å². The lowest BCUT2D eigenvalue weighted by Crippen LogP contribution is -2.11. The minimum absolute atomic E-state index is 0.0490. The maximum atomic E-state index is 13.0. The molecule has 1 heterocycles. The number of halogens is 1. The van der Waals surface area contributed by atoms with E-state index in [1.807, 2.05) is 18.2 Å². The molecule has 2 rings (SSSR count). The predicted octanol–water partition coefficient (Wildman–Crippen LogP) is 1.94. The van der Waals surface area contributed by atoms with E-state index in [9.17, 15) is 4.39 Å². The number of hydrogen-bond donors (Lipinski definition) is 0. The maximum Gasteiger partial charge on any atom is 0.576 e. The van der Waals surface area contributed by atoms with Crippen LogP contribution in [-0.2, 0) is 0 Å². The molecule has 0 fully saturated rings. The Morgan fingerprint density at radius 1 is 1.00 bits per heavy atom. The summed E-state index contributed by atoms with van der Waals surface area (Å²) in [5, 5.41) is 0. The summed E-state index contributed by atoms with van der Waals surface area (Å²) in [7, 11) is -0.0490. The predicted molar refractivity (Wildman–Crippen MR) is 59.0 cm³/mol. The first-order valence-corrected chi connectivity index (χ1v) is 4.77. The fraction of sp³-hybridized carbons (Fsp3) is 0. The molecule has 0 aliphatic heterocycles. The van der Waals surface area contributed by atoms with Crippen LogP contribution in [-0.4, -0.2) is 12.7 Å². The lowest BCUT2D eigenvalue weighted by molar-refractivity contribution is 0.428. The normalized spacial score (nSPS) is 9.56. The standard InChI is InChI=1S/C11H9BFNO2/c13-11-10(7-4-8-14-11)16-12-15-9-5-2-1-3-6-9/h1-8,12H. The lowest BCUT2D eigenvalue weighted by atomic mass is 10.3. The molecule has 2 aromatic rings. The highest BCUT2D eigenvalue weighted by Crippen LogP contribution is 2.13. The van der Waals surface area contributed by atoms with Crippen LogP contribution in [0.5, 0.6) is 11.5 Å². The summed E-state index contributed by atoms with van der Waals surface area (Å²) in [6.07, 6.45) is 1.36. The average molecular weight is 217 g/mol. The Morgan fingerprint density at radius 2 is 1.81 bits per heavy atom. The van der Waals surface area contributed by atoms with Crippen molar-refractivity contribution in [1.82, 2.24) is 4.98 Å². The van der Waals surface area contributed by atoms with E-state index >= 15 is 0 Å². The molecule has 3 nitrogen and oxygen atoms in total. The largest absolute Gasteiger partial charge is 0.576 e. The zero-order valence-corrected chi connectivity index (χ0v) is 8.47. The molecule has 80 valence electrons. The molecule has 0 N–H and O–H groups in total. The van der Waals surface area contributed by atoms with Gasteiger partial charge in [-0.2, -0.15) is 4.39 Å². The molecule has 0 unspecified atom stereocenters. The van der Waals surface area contributed by atoms with Gasteiger partial charge in [-0.15, -0.1) is 0 Å². The Bertz CT molecular complexity index is 453. The van der Waals surface area contributed by atoms with Gasteiger partial charge in [0.1, 0.15) is 5.75 Å². The van der Waals surface area contributed by atoms with Crippen molar-refractivity contribution >= 4 is 7.69 Å². The van der Waals surface area contributed by atoms with Crippen molar-refractivity contribution in [1.29, 1.82) is 0 Å². The topological polar surface area (TPSA) is 31.4 Å². The molecule has 0 radical (unpaired) electrons.